The van der Waals surface area contributed by atoms with E-state index in [-0.39, 0.29) is 11.7 Å². The number of hydrogen-bond acceptors (Lipinski definition) is 5. The van der Waals surface area contributed by atoms with E-state index < -0.39 is 0 Å². The minimum atomic E-state index is -0.278. The van der Waals surface area contributed by atoms with E-state index in [0.717, 1.165) is 0 Å². The van der Waals surface area contributed by atoms with E-state index in [2.05, 4.69) is 10.5 Å². The Labute approximate surface area is 114 Å². The molecule has 1 aromatic heterocycles. The lowest BCUT2D eigenvalue weighted by atomic mass is 10.2. The molecule has 0 bridgehead atoms. The van der Waals surface area contributed by atoms with Crippen molar-refractivity contribution in [2.75, 3.05) is 7.11 Å². The number of phenolic OH excluding ortho intramolecular Hbond substituents is 1. The van der Waals surface area contributed by atoms with Crippen LogP contribution in [-0.2, 0) is 0 Å². The molecule has 0 aliphatic rings. The van der Waals surface area contributed by atoms with Gasteiger partial charge >= 0.3 is 0 Å². The summed E-state index contributed by atoms with van der Waals surface area (Å²) in [5.41, 5.74) is 2.88. The molecular weight excluding hydrogens is 264 g/mol. The first-order chi connectivity index (χ1) is 9.20. The molecule has 2 rings (SSSR count). The highest BCUT2D eigenvalue weighted by Crippen LogP contribution is 2.21. The molecule has 6 heteroatoms. The summed E-state index contributed by atoms with van der Waals surface area (Å²) in [5.74, 6) is 0.310. The van der Waals surface area contributed by atoms with Crippen LogP contribution in [0.1, 0.15) is 15.2 Å². The van der Waals surface area contributed by atoms with Gasteiger partial charge in [-0.15, -0.1) is 11.3 Å². The zero-order chi connectivity index (χ0) is 13.7. The van der Waals surface area contributed by atoms with E-state index >= 15 is 0 Å². The Bertz CT molecular complexity index is 594. The second kappa shape index (κ2) is 6.01. The fourth-order valence-corrected chi connectivity index (χ4v) is 2.00. The number of phenols is 1. The number of nitrogens with zero attached hydrogens (tertiary/aromatic N) is 1. The summed E-state index contributed by atoms with van der Waals surface area (Å²) in [6.07, 6.45) is 1.38. The second-order valence-electron chi connectivity index (χ2n) is 3.60. The number of carbonyl (C=O) groups is 1. The van der Waals surface area contributed by atoms with Crippen molar-refractivity contribution in [2.45, 2.75) is 0 Å². The SMILES string of the molecule is COc1ccc(C=NNC(=O)c2cccs2)c(O)c1. The van der Waals surface area contributed by atoms with Gasteiger partial charge < -0.3 is 9.84 Å². The van der Waals surface area contributed by atoms with Gasteiger partial charge in [-0.25, -0.2) is 5.43 Å². The van der Waals surface area contributed by atoms with Crippen molar-refractivity contribution in [1.82, 2.24) is 5.43 Å². The Balaban J connectivity index is 2.01. The van der Waals surface area contributed by atoms with Crippen molar-refractivity contribution in [2.24, 2.45) is 5.10 Å². The predicted octanol–water partition coefficient (Wildman–Crippen LogP) is 2.23. The maximum atomic E-state index is 11.6. The molecule has 1 amide bonds. The van der Waals surface area contributed by atoms with Crippen molar-refractivity contribution in [3.05, 3.63) is 46.2 Å². The van der Waals surface area contributed by atoms with Gasteiger partial charge in [0.05, 0.1) is 18.2 Å². The number of amides is 1. The first-order valence-electron chi connectivity index (χ1n) is 5.44. The van der Waals surface area contributed by atoms with E-state index in [1.54, 1.807) is 24.3 Å². The third-order valence-electron chi connectivity index (χ3n) is 2.35. The Kier molecular flexibility index (Phi) is 4.15. The Morgan fingerprint density at radius 2 is 2.32 bits per heavy atom. The Morgan fingerprint density at radius 1 is 1.47 bits per heavy atom. The van der Waals surface area contributed by atoms with Gasteiger partial charge in [0, 0.05) is 11.6 Å². The number of aromatic hydroxyl groups is 1. The van der Waals surface area contributed by atoms with Gasteiger partial charge in [0.25, 0.3) is 5.91 Å². The monoisotopic (exact) mass is 276 g/mol. The first kappa shape index (κ1) is 13.1. The summed E-state index contributed by atoms with van der Waals surface area (Å²) in [6.45, 7) is 0. The maximum absolute atomic E-state index is 11.6. The molecule has 0 aliphatic carbocycles. The van der Waals surface area contributed by atoms with Crippen molar-refractivity contribution in [3.63, 3.8) is 0 Å². The summed E-state index contributed by atoms with van der Waals surface area (Å²) >= 11 is 1.33. The zero-order valence-corrected chi connectivity index (χ0v) is 11.0. The highest BCUT2D eigenvalue weighted by atomic mass is 32.1. The lowest BCUT2D eigenvalue weighted by Crippen LogP contribution is -2.16. The van der Waals surface area contributed by atoms with Crippen LogP contribution in [0.4, 0.5) is 0 Å². The highest BCUT2D eigenvalue weighted by molar-refractivity contribution is 7.12. The van der Waals surface area contributed by atoms with E-state index in [4.69, 9.17) is 4.74 Å². The summed E-state index contributed by atoms with van der Waals surface area (Å²) in [4.78, 5) is 12.2. The average molecular weight is 276 g/mol. The number of thiophene rings is 1. The topological polar surface area (TPSA) is 70.9 Å². The summed E-state index contributed by atoms with van der Waals surface area (Å²) in [6, 6.07) is 8.32. The molecule has 2 N–H and O–H groups in total. The van der Waals surface area contributed by atoms with Gasteiger partial charge in [-0.1, -0.05) is 6.07 Å². The molecule has 0 aliphatic heterocycles. The van der Waals surface area contributed by atoms with Gasteiger partial charge in [-0.3, -0.25) is 4.79 Å². The minimum Gasteiger partial charge on any atom is -0.507 e. The lowest BCUT2D eigenvalue weighted by Gasteiger charge is -2.02. The first-order valence-corrected chi connectivity index (χ1v) is 6.32. The maximum Gasteiger partial charge on any atom is 0.281 e. The molecule has 0 atom stereocenters. The fraction of sp³-hybridized carbons (Fsp3) is 0.0769. The van der Waals surface area contributed by atoms with Crippen LogP contribution in [0.2, 0.25) is 0 Å². The van der Waals surface area contributed by atoms with Crippen LogP contribution >= 0.6 is 11.3 Å². The molecule has 0 saturated carbocycles. The van der Waals surface area contributed by atoms with Crippen LogP contribution in [0.25, 0.3) is 0 Å². The molecular formula is C13H12N2O3S. The standard InChI is InChI=1S/C13H12N2O3S/c1-18-10-5-4-9(11(16)7-10)8-14-15-13(17)12-3-2-6-19-12/h2-8,16H,1H3,(H,15,17). The van der Waals surface area contributed by atoms with Crippen LogP contribution in [-0.4, -0.2) is 24.3 Å². The summed E-state index contributed by atoms with van der Waals surface area (Å²) in [5, 5.41) is 15.3. The van der Waals surface area contributed by atoms with E-state index in [9.17, 15) is 9.90 Å². The molecule has 19 heavy (non-hydrogen) atoms. The number of nitrogens with one attached hydrogen (secondary N) is 1. The zero-order valence-electron chi connectivity index (χ0n) is 10.2. The van der Waals surface area contributed by atoms with Gasteiger partial charge in [0.1, 0.15) is 11.5 Å². The molecule has 0 saturated heterocycles. The fourth-order valence-electron chi connectivity index (χ4n) is 1.38. The van der Waals surface area contributed by atoms with Gasteiger partial charge in [-0.2, -0.15) is 5.10 Å². The van der Waals surface area contributed by atoms with Crippen molar-refractivity contribution in [1.29, 1.82) is 0 Å². The molecule has 1 aromatic carbocycles. The second-order valence-corrected chi connectivity index (χ2v) is 4.55. The lowest BCUT2D eigenvalue weighted by molar-refractivity contribution is 0.0959. The predicted molar refractivity (Wildman–Crippen MR) is 74.0 cm³/mol. The van der Waals surface area contributed by atoms with Crippen LogP contribution in [0, 0.1) is 0 Å². The molecule has 98 valence electrons. The van der Waals surface area contributed by atoms with Crippen molar-refractivity contribution >= 4 is 23.5 Å². The van der Waals surface area contributed by atoms with Gasteiger partial charge in [0.15, 0.2) is 0 Å². The van der Waals surface area contributed by atoms with E-state index in [0.29, 0.717) is 16.2 Å². The molecule has 0 radical (unpaired) electrons. The molecule has 0 spiro atoms. The van der Waals surface area contributed by atoms with Crippen LogP contribution < -0.4 is 10.2 Å². The summed E-state index contributed by atoms with van der Waals surface area (Å²) in [7, 11) is 1.52. The molecule has 0 fully saturated rings. The number of benzene rings is 1. The number of hydrazone groups is 1. The van der Waals surface area contributed by atoms with Crippen LogP contribution in [0.3, 0.4) is 0 Å². The number of hydrogen-bond donors (Lipinski definition) is 2. The Hall–Kier alpha value is -2.34. The quantitative estimate of drug-likeness (QED) is 0.664. The Morgan fingerprint density at radius 3 is 2.95 bits per heavy atom. The van der Waals surface area contributed by atoms with Gasteiger partial charge in [-0.05, 0) is 23.6 Å². The third kappa shape index (κ3) is 3.32. The smallest absolute Gasteiger partial charge is 0.281 e. The van der Waals surface area contributed by atoms with Crippen LogP contribution in [0.5, 0.6) is 11.5 Å². The van der Waals surface area contributed by atoms with Crippen molar-refractivity contribution < 1.29 is 14.6 Å². The molecule has 0 unspecified atom stereocenters. The number of rotatable bonds is 4. The van der Waals surface area contributed by atoms with Gasteiger partial charge in [0.2, 0.25) is 0 Å². The number of methoxy groups -OCH3 is 1. The normalized spacial score (nSPS) is 10.6. The van der Waals surface area contributed by atoms with E-state index in [1.165, 1.54) is 30.7 Å². The molecule has 1 heterocycles. The third-order valence-corrected chi connectivity index (χ3v) is 3.22. The summed E-state index contributed by atoms with van der Waals surface area (Å²) < 4.78 is 4.97. The highest BCUT2D eigenvalue weighted by Gasteiger charge is 2.04. The number of ether oxygens (including phenoxy) is 1. The van der Waals surface area contributed by atoms with E-state index in [1.807, 2.05) is 5.38 Å². The minimum absolute atomic E-state index is 0.0356. The van der Waals surface area contributed by atoms with Crippen LogP contribution in [0.15, 0.2) is 40.8 Å². The molecule has 2 aromatic rings. The average Bonchev–Trinajstić information content (AvgIpc) is 2.94. The van der Waals surface area contributed by atoms with Crippen molar-refractivity contribution in [3.8, 4) is 11.5 Å². The number of carbonyl (C=O) groups excluding carboxylic acids is 1. The largest absolute Gasteiger partial charge is 0.507 e. The molecule has 5 nitrogen and oxygen atoms in total.